The van der Waals surface area contributed by atoms with E-state index in [1.807, 2.05) is 68.4 Å². The highest BCUT2D eigenvalue weighted by Crippen LogP contribution is 2.42. The Balaban J connectivity index is 1.35. The van der Waals surface area contributed by atoms with Crippen LogP contribution < -0.4 is 25.4 Å². The lowest BCUT2D eigenvalue weighted by molar-refractivity contribution is -0.146. The lowest BCUT2D eigenvalue weighted by atomic mass is 9.99. The second-order valence-corrected chi connectivity index (χ2v) is 12.4. The van der Waals surface area contributed by atoms with E-state index >= 15 is 0 Å². The zero-order valence-electron chi connectivity index (χ0n) is 27.4. The van der Waals surface area contributed by atoms with E-state index in [1.54, 1.807) is 20.4 Å². The van der Waals surface area contributed by atoms with E-state index in [2.05, 4.69) is 20.9 Å². The first-order valence-electron chi connectivity index (χ1n) is 15.7. The Morgan fingerprint density at radius 2 is 1.71 bits per heavy atom. The molecule has 0 radical (unpaired) electrons. The number of carbonyl (C=O) groups is 2. The zero-order valence-corrected chi connectivity index (χ0v) is 28.9. The van der Waals surface area contributed by atoms with Crippen molar-refractivity contribution in [1.29, 1.82) is 0 Å². The summed E-state index contributed by atoms with van der Waals surface area (Å²) in [5, 5.41) is 10.4. The third kappa shape index (κ3) is 8.43. The summed E-state index contributed by atoms with van der Waals surface area (Å²) in [6.45, 7) is 5.34. The molecule has 12 heteroatoms. The van der Waals surface area contributed by atoms with Crippen LogP contribution in [0.2, 0.25) is 10.0 Å². The first-order valence-corrected chi connectivity index (χ1v) is 16.5. The monoisotopic (exact) mass is 691 g/mol. The maximum Gasteiger partial charge on any atom is 0.320 e. The van der Waals surface area contributed by atoms with Crippen LogP contribution in [0.4, 0.5) is 0 Å². The normalized spacial score (nSPS) is 14.2. The Labute approximate surface area is 290 Å². The van der Waals surface area contributed by atoms with Gasteiger partial charge in [0.05, 0.1) is 48.3 Å². The standard InChI is InChI=1S/C36H39Cl2N5O5/c1-21(2)48-32(45)20-40-17-23-9-8-22(16-30(23)46-3)35-34(38)27(14-15-41-35)26-6-5-7-28(33(26)37)29-12-10-24(36(43-29)47-4)18-39-19-25-11-13-31(44)42-25/h5-10,12,14-16,21,25,39-40H,11,13,17-20H2,1-4H3,(H,42,44)/t25-/m0/s1. The van der Waals surface area contributed by atoms with Crippen molar-refractivity contribution in [3.8, 4) is 45.3 Å². The number of rotatable bonds is 14. The highest BCUT2D eigenvalue weighted by molar-refractivity contribution is 6.39. The molecule has 1 fully saturated rings. The van der Waals surface area contributed by atoms with E-state index < -0.39 is 0 Å². The van der Waals surface area contributed by atoms with Crippen molar-refractivity contribution in [1.82, 2.24) is 25.9 Å². The lowest BCUT2D eigenvalue weighted by Crippen LogP contribution is -2.35. The summed E-state index contributed by atoms with van der Waals surface area (Å²) in [6.07, 6.45) is 2.92. The van der Waals surface area contributed by atoms with Gasteiger partial charge < -0.3 is 30.2 Å². The van der Waals surface area contributed by atoms with Gasteiger partial charge in [-0.15, -0.1) is 0 Å². The lowest BCUT2D eigenvalue weighted by Gasteiger charge is -2.16. The molecule has 4 aromatic rings. The molecule has 1 aliphatic heterocycles. The van der Waals surface area contributed by atoms with Gasteiger partial charge in [0.2, 0.25) is 11.8 Å². The third-order valence-electron chi connectivity index (χ3n) is 7.89. The van der Waals surface area contributed by atoms with E-state index in [-0.39, 0.29) is 30.6 Å². The fraction of sp³-hybridized carbons (Fsp3) is 0.333. The number of halogens is 2. The Bertz CT molecular complexity index is 1780. The van der Waals surface area contributed by atoms with Crippen molar-refractivity contribution < 1.29 is 23.8 Å². The van der Waals surface area contributed by atoms with Crippen LogP contribution >= 0.6 is 23.2 Å². The van der Waals surface area contributed by atoms with Gasteiger partial charge >= 0.3 is 5.97 Å². The van der Waals surface area contributed by atoms with E-state index in [1.165, 1.54) is 0 Å². The van der Waals surface area contributed by atoms with E-state index in [0.29, 0.717) is 64.7 Å². The first kappa shape index (κ1) is 35.1. The minimum absolute atomic E-state index is 0.0876. The summed E-state index contributed by atoms with van der Waals surface area (Å²) in [7, 11) is 3.18. The predicted molar refractivity (Wildman–Crippen MR) is 187 cm³/mol. The van der Waals surface area contributed by atoms with Gasteiger partial charge in [-0.3, -0.25) is 14.6 Å². The van der Waals surface area contributed by atoms with Crippen LogP contribution in [-0.2, 0) is 27.4 Å². The molecule has 1 saturated heterocycles. The molecule has 0 aliphatic carbocycles. The number of aromatic nitrogens is 2. The highest BCUT2D eigenvalue weighted by Gasteiger charge is 2.21. The Morgan fingerprint density at radius 1 is 0.958 bits per heavy atom. The zero-order chi connectivity index (χ0) is 34.2. The van der Waals surface area contributed by atoms with Gasteiger partial charge in [-0.25, -0.2) is 4.98 Å². The highest BCUT2D eigenvalue weighted by atomic mass is 35.5. The molecular weight excluding hydrogens is 653 g/mol. The number of methoxy groups -OCH3 is 2. The Hall–Kier alpha value is -4.22. The molecule has 0 bridgehead atoms. The summed E-state index contributed by atoms with van der Waals surface area (Å²) < 4.78 is 16.5. The largest absolute Gasteiger partial charge is 0.496 e. The number of hydrogen-bond donors (Lipinski definition) is 3. The molecule has 48 heavy (non-hydrogen) atoms. The van der Waals surface area contributed by atoms with E-state index in [4.69, 9.17) is 42.4 Å². The number of hydrogen-bond acceptors (Lipinski definition) is 9. The molecule has 5 rings (SSSR count). The molecule has 1 aliphatic rings. The van der Waals surface area contributed by atoms with Crippen LogP contribution in [0, 0.1) is 0 Å². The quantitative estimate of drug-likeness (QED) is 0.132. The van der Waals surface area contributed by atoms with E-state index in [0.717, 1.165) is 34.2 Å². The average Bonchev–Trinajstić information content (AvgIpc) is 3.49. The number of amides is 1. The van der Waals surface area contributed by atoms with Crippen LogP contribution in [0.15, 0.2) is 60.8 Å². The summed E-state index contributed by atoms with van der Waals surface area (Å²) in [6, 6.07) is 17.3. The van der Waals surface area contributed by atoms with Crippen LogP contribution in [0.3, 0.4) is 0 Å². The minimum atomic E-state index is -0.316. The van der Waals surface area contributed by atoms with Crippen molar-refractivity contribution in [2.75, 3.05) is 27.3 Å². The molecule has 10 nitrogen and oxygen atoms in total. The van der Waals surface area contributed by atoms with Crippen LogP contribution in [0.25, 0.3) is 33.6 Å². The molecule has 3 N–H and O–H groups in total. The van der Waals surface area contributed by atoms with Gasteiger partial charge in [-0.05, 0) is 38.5 Å². The molecule has 2 aromatic carbocycles. The number of ether oxygens (including phenoxy) is 3. The second-order valence-electron chi connectivity index (χ2n) is 11.7. The minimum Gasteiger partial charge on any atom is -0.496 e. The fourth-order valence-corrected chi connectivity index (χ4v) is 6.22. The van der Waals surface area contributed by atoms with Gasteiger partial charge in [-0.1, -0.05) is 59.6 Å². The van der Waals surface area contributed by atoms with Crippen molar-refractivity contribution in [2.24, 2.45) is 0 Å². The van der Waals surface area contributed by atoms with Gasteiger partial charge in [0.25, 0.3) is 0 Å². The number of benzene rings is 2. The van der Waals surface area contributed by atoms with Gasteiger partial charge in [-0.2, -0.15) is 0 Å². The van der Waals surface area contributed by atoms with Gasteiger partial charge in [0.15, 0.2) is 0 Å². The van der Waals surface area contributed by atoms with Crippen LogP contribution in [-0.4, -0.2) is 61.3 Å². The summed E-state index contributed by atoms with van der Waals surface area (Å²) in [5.41, 5.74) is 5.93. The Kier molecular flexibility index (Phi) is 11.9. The molecule has 1 atom stereocenters. The van der Waals surface area contributed by atoms with E-state index in [9.17, 15) is 9.59 Å². The Morgan fingerprint density at radius 3 is 2.44 bits per heavy atom. The smallest absolute Gasteiger partial charge is 0.320 e. The summed E-state index contributed by atoms with van der Waals surface area (Å²) >= 11 is 14.1. The molecule has 1 amide bonds. The number of pyridine rings is 2. The van der Waals surface area contributed by atoms with Crippen molar-refractivity contribution in [2.45, 2.75) is 51.9 Å². The third-order valence-corrected chi connectivity index (χ3v) is 8.68. The van der Waals surface area contributed by atoms with Crippen molar-refractivity contribution in [3.63, 3.8) is 0 Å². The van der Waals surface area contributed by atoms with Crippen molar-refractivity contribution in [3.05, 3.63) is 82.0 Å². The molecule has 0 saturated carbocycles. The molecule has 3 heterocycles. The number of nitrogens with zero attached hydrogens (tertiary/aromatic N) is 2. The molecule has 0 spiro atoms. The number of esters is 1. The first-order chi connectivity index (χ1) is 23.2. The van der Waals surface area contributed by atoms with Crippen molar-refractivity contribution >= 4 is 35.1 Å². The topological polar surface area (TPSA) is 124 Å². The van der Waals surface area contributed by atoms with Crippen LogP contribution in [0.5, 0.6) is 11.6 Å². The average molecular weight is 693 g/mol. The molecular formula is C36H39Cl2N5O5. The second kappa shape index (κ2) is 16.3. The molecule has 2 aromatic heterocycles. The summed E-state index contributed by atoms with van der Waals surface area (Å²) in [4.78, 5) is 32.8. The van der Waals surface area contributed by atoms with Gasteiger partial charge in [0.1, 0.15) is 5.75 Å². The fourth-order valence-electron chi connectivity index (χ4n) is 5.57. The maximum atomic E-state index is 11.9. The van der Waals surface area contributed by atoms with Gasteiger partial charge in [0, 0.05) is 71.7 Å². The van der Waals surface area contributed by atoms with Crippen LogP contribution in [0.1, 0.15) is 37.8 Å². The maximum absolute atomic E-state index is 11.9. The molecule has 0 unspecified atom stereocenters. The number of carbonyl (C=O) groups excluding carboxylic acids is 2. The molecule has 252 valence electrons. The predicted octanol–water partition coefficient (Wildman–Crippen LogP) is 6.21. The summed E-state index contributed by atoms with van der Waals surface area (Å²) in [5.74, 6) is 0.897. The SMILES string of the molecule is COc1cc(-c2nccc(-c3cccc(-c4ccc(CNC[C@@H]5CCC(=O)N5)c(OC)n4)c3Cl)c2Cl)ccc1CNCC(=O)OC(C)C. The number of nitrogens with one attached hydrogen (secondary N) is 3.